The number of hydrogen-bond acceptors (Lipinski definition) is 3. The molecular formula is C22H24F3N3O3S. The number of halogens is 3. The minimum Gasteiger partial charge on any atom is -0.325 e. The van der Waals surface area contributed by atoms with Crippen LogP contribution < -0.4 is 4.72 Å². The summed E-state index contributed by atoms with van der Waals surface area (Å²) in [5.74, 6) is -2.28. The molecular weight excluding hydrogens is 443 g/mol. The summed E-state index contributed by atoms with van der Waals surface area (Å²) in [5.41, 5.74) is 0.334. The van der Waals surface area contributed by atoms with Gasteiger partial charge in [0, 0.05) is 37.3 Å². The van der Waals surface area contributed by atoms with Crippen molar-refractivity contribution in [3.63, 3.8) is 0 Å². The number of sulfonamides is 1. The second kappa shape index (κ2) is 8.74. The molecule has 172 valence electrons. The normalized spacial score (nSPS) is 21.0. The number of benzene rings is 2. The van der Waals surface area contributed by atoms with Gasteiger partial charge in [-0.3, -0.25) is 0 Å². The lowest BCUT2D eigenvalue weighted by Gasteiger charge is -2.37. The van der Waals surface area contributed by atoms with Crippen molar-refractivity contribution < 1.29 is 26.4 Å². The van der Waals surface area contributed by atoms with Crippen molar-refractivity contribution in [2.75, 3.05) is 25.9 Å². The van der Waals surface area contributed by atoms with E-state index in [1.165, 1.54) is 12.1 Å². The summed E-state index contributed by atoms with van der Waals surface area (Å²) < 4.78 is 69.0. The number of nitrogens with one attached hydrogen (secondary N) is 1. The first-order valence-corrected chi connectivity index (χ1v) is 12.3. The van der Waals surface area contributed by atoms with Gasteiger partial charge in [-0.2, -0.15) is 0 Å². The second-order valence-corrected chi connectivity index (χ2v) is 10.1. The molecule has 2 aliphatic rings. The van der Waals surface area contributed by atoms with Gasteiger partial charge in [0.05, 0.1) is 12.3 Å². The Bertz CT molecular complexity index is 1120. The van der Waals surface area contributed by atoms with Crippen LogP contribution in [0.1, 0.15) is 18.4 Å². The molecule has 2 amide bonds. The van der Waals surface area contributed by atoms with Crippen LogP contribution in [0.2, 0.25) is 0 Å². The van der Waals surface area contributed by atoms with Gasteiger partial charge in [-0.1, -0.05) is 18.2 Å². The van der Waals surface area contributed by atoms with Crippen molar-refractivity contribution in [3.8, 4) is 11.1 Å². The lowest BCUT2D eigenvalue weighted by molar-refractivity contribution is 0.120. The lowest BCUT2D eigenvalue weighted by Crippen LogP contribution is -2.54. The topological polar surface area (TPSA) is 69.7 Å². The Morgan fingerprint density at radius 3 is 2.38 bits per heavy atom. The van der Waals surface area contributed by atoms with Crippen molar-refractivity contribution in [2.45, 2.75) is 31.3 Å². The molecule has 4 rings (SSSR count). The van der Waals surface area contributed by atoms with Gasteiger partial charge < -0.3 is 9.80 Å². The zero-order valence-electron chi connectivity index (χ0n) is 17.5. The summed E-state index contributed by atoms with van der Waals surface area (Å²) in [6.45, 7) is 1.63. The monoisotopic (exact) mass is 467 g/mol. The van der Waals surface area contributed by atoms with Crippen molar-refractivity contribution >= 4 is 16.1 Å². The predicted molar refractivity (Wildman–Crippen MR) is 114 cm³/mol. The van der Waals surface area contributed by atoms with Gasteiger partial charge in [0.25, 0.3) is 0 Å². The van der Waals surface area contributed by atoms with Crippen LogP contribution in [0.5, 0.6) is 0 Å². The largest absolute Gasteiger partial charge is 0.325 e. The minimum atomic E-state index is -3.54. The van der Waals surface area contributed by atoms with Crippen LogP contribution in [0.25, 0.3) is 11.1 Å². The van der Waals surface area contributed by atoms with Gasteiger partial charge in [0.15, 0.2) is 0 Å². The van der Waals surface area contributed by atoms with Gasteiger partial charge in [-0.25, -0.2) is 31.1 Å². The number of likely N-dealkylation sites (tertiary alicyclic amines) is 2. The smallest absolute Gasteiger partial charge is 0.320 e. The fraction of sp³-hybridized carbons (Fsp3) is 0.409. The molecule has 2 atom stereocenters. The van der Waals surface area contributed by atoms with Crippen molar-refractivity contribution in [1.82, 2.24) is 14.5 Å². The molecule has 10 heteroatoms. The fourth-order valence-electron chi connectivity index (χ4n) is 4.34. The highest BCUT2D eigenvalue weighted by atomic mass is 32.2. The number of nitrogens with zero attached hydrogens (tertiary/aromatic N) is 2. The van der Waals surface area contributed by atoms with Gasteiger partial charge in [0.2, 0.25) is 10.0 Å². The first-order valence-electron chi connectivity index (χ1n) is 10.4. The lowest BCUT2D eigenvalue weighted by atomic mass is 9.96. The molecule has 0 unspecified atom stereocenters. The molecule has 0 bridgehead atoms. The molecule has 1 N–H and O–H groups in total. The number of urea groups is 1. The van der Waals surface area contributed by atoms with E-state index in [0.717, 1.165) is 24.8 Å². The number of amides is 2. The molecule has 2 aliphatic heterocycles. The molecule has 0 aromatic heterocycles. The molecule has 2 aromatic rings. The van der Waals surface area contributed by atoms with Crippen LogP contribution in [-0.4, -0.2) is 62.2 Å². The summed E-state index contributed by atoms with van der Waals surface area (Å²) in [6.07, 6.45) is 2.43. The standard InChI is InChI=1S/C22H24F3N3O3S/c1-32(30,31)26-19-6-9-28(22(29)27-7-3-8-27)20(19)12-14-4-2-5-18(21(14)25)15-10-16(23)13-17(24)11-15/h2,4-5,10-11,13,19-20,26H,3,6-9,12H2,1H3/t19-,20-/m0/s1. The zero-order valence-corrected chi connectivity index (χ0v) is 18.3. The summed E-state index contributed by atoms with van der Waals surface area (Å²) in [5, 5.41) is 0. The van der Waals surface area contributed by atoms with Crippen LogP contribution in [0, 0.1) is 17.5 Å². The third-order valence-electron chi connectivity index (χ3n) is 5.96. The molecule has 2 saturated heterocycles. The van der Waals surface area contributed by atoms with Gasteiger partial charge in [0.1, 0.15) is 17.5 Å². The second-order valence-electron chi connectivity index (χ2n) is 8.31. The van der Waals surface area contributed by atoms with Gasteiger partial charge >= 0.3 is 6.03 Å². The van der Waals surface area contributed by atoms with Crippen molar-refractivity contribution in [1.29, 1.82) is 0 Å². The third kappa shape index (κ3) is 4.75. The van der Waals surface area contributed by atoms with E-state index >= 15 is 4.39 Å². The van der Waals surface area contributed by atoms with E-state index in [9.17, 15) is 22.0 Å². The molecule has 2 fully saturated rings. The minimum absolute atomic E-state index is 0.0344. The van der Waals surface area contributed by atoms with E-state index in [2.05, 4.69) is 4.72 Å². The molecule has 2 aromatic carbocycles. The van der Waals surface area contributed by atoms with Crippen LogP contribution in [0.3, 0.4) is 0 Å². The summed E-state index contributed by atoms with van der Waals surface area (Å²) in [6, 6.07) is 6.01. The Kier molecular flexibility index (Phi) is 6.17. The number of rotatable bonds is 5. The Balaban J connectivity index is 1.66. The number of carbonyl (C=O) groups is 1. The van der Waals surface area contributed by atoms with E-state index in [-0.39, 0.29) is 29.1 Å². The Hall–Kier alpha value is -2.59. The number of hydrogen-bond donors (Lipinski definition) is 1. The Labute approximate surface area is 185 Å². The summed E-state index contributed by atoms with van der Waals surface area (Å²) >= 11 is 0. The number of carbonyl (C=O) groups excluding carboxylic acids is 1. The average Bonchev–Trinajstić information content (AvgIpc) is 3.01. The fourth-order valence-corrected chi connectivity index (χ4v) is 5.17. The van der Waals surface area contributed by atoms with E-state index in [1.807, 2.05) is 0 Å². The van der Waals surface area contributed by atoms with Crippen LogP contribution in [0.4, 0.5) is 18.0 Å². The maximum Gasteiger partial charge on any atom is 0.320 e. The summed E-state index contributed by atoms with van der Waals surface area (Å²) in [4.78, 5) is 16.2. The van der Waals surface area contributed by atoms with E-state index in [4.69, 9.17) is 0 Å². The van der Waals surface area contributed by atoms with E-state index in [1.54, 1.807) is 15.9 Å². The van der Waals surface area contributed by atoms with Crippen LogP contribution in [0.15, 0.2) is 36.4 Å². The van der Waals surface area contributed by atoms with E-state index < -0.39 is 39.6 Å². The first kappa shape index (κ1) is 22.6. The van der Waals surface area contributed by atoms with Crippen LogP contribution >= 0.6 is 0 Å². The average molecular weight is 468 g/mol. The molecule has 0 spiro atoms. The first-order chi connectivity index (χ1) is 15.1. The van der Waals surface area contributed by atoms with E-state index in [0.29, 0.717) is 32.1 Å². The van der Waals surface area contributed by atoms with Crippen LogP contribution in [-0.2, 0) is 16.4 Å². The van der Waals surface area contributed by atoms with Gasteiger partial charge in [-0.05, 0) is 42.5 Å². The molecule has 6 nitrogen and oxygen atoms in total. The maximum absolute atomic E-state index is 15.4. The SMILES string of the molecule is CS(=O)(=O)N[C@H]1CCN(C(=O)N2CCC2)[C@H]1Cc1cccc(-c2cc(F)cc(F)c2)c1F. The Morgan fingerprint density at radius 1 is 1.09 bits per heavy atom. The zero-order chi connectivity index (χ0) is 23.0. The quantitative estimate of drug-likeness (QED) is 0.735. The maximum atomic E-state index is 15.4. The Morgan fingerprint density at radius 2 is 1.78 bits per heavy atom. The molecule has 0 aliphatic carbocycles. The molecule has 2 heterocycles. The highest BCUT2D eigenvalue weighted by Gasteiger charge is 2.41. The summed E-state index contributed by atoms with van der Waals surface area (Å²) in [7, 11) is -3.54. The molecule has 0 saturated carbocycles. The van der Waals surface area contributed by atoms with Crippen molar-refractivity contribution in [3.05, 3.63) is 59.4 Å². The highest BCUT2D eigenvalue weighted by molar-refractivity contribution is 7.88. The molecule has 0 radical (unpaired) electrons. The predicted octanol–water partition coefficient (Wildman–Crippen LogP) is 3.13. The van der Waals surface area contributed by atoms with Gasteiger partial charge in [-0.15, -0.1) is 0 Å². The third-order valence-corrected chi connectivity index (χ3v) is 6.70. The highest BCUT2D eigenvalue weighted by Crippen LogP contribution is 2.30. The van der Waals surface area contributed by atoms with Crippen molar-refractivity contribution in [2.24, 2.45) is 0 Å². The molecule has 32 heavy (non-hydrogen) atoms.